The van der Waals surface area contributed by atoms with Gasteiger partial charge < -0.3 is 15.1 Å². The number of anilines is 1. The number of pyridine rings is 1. The fourth-order valence-corrected chi connectivity index (χ4v) is 4.05. The molecule has 0 unspecified atom stereocenters. The number of halogens is 1. The SMILES string of the molecule is O=C(NC1CCCC1)c1ccnc(C(=O)N2CCN(c3ccccc3F)CC2)c1. The first kappa shape index (κ1) is 19.4. The predicted octanol–water partition coefficient (Wildman–Crippen LogP) is 2.86. The summed E-state index contributed by atoms with van der Waals surface area (Å²) in [6.07, 6.45) is 5.81. The lowest BCUT2D eigenvalue weighted by molar-refractivity contribution is 0.0740. The number of benzene rings is 1. The van der Waals surface area contributed by atoms with E-state index in [0.717, 1.165) is 25.7 Å². The van der Waals surface area contributed by atoms with Crippen molar-refractivity contribution in [1.29, 1.82) is 0 Å². The highest BCUT2D eigenvalue weighted by Gasteiger charge is 2.25. The van der Waals surface area contributed by atoms with Crippen LogP contribution in [0.15, 0.2) is 42.6 Å². The lowest BCUT2D eigenvalue weighted by Gasteiger charge is -2.36. The molecule has 1 aliphatic carbocycles. The van der Waals surface area contributed by atoms with Crippen molar-refractivity contribution in [3.05, 3.63) is 59.7 Å². The molecule has 2 amide bonds. The molecule has 0 spiro atoms. The highest BCUT2D eigenvalue weighted by atomic mass is 19.1. The first-order valence-corrected chi connectivity index (χ1v) is 10.2. The number of amides is 2. The summed E-state index contributed by atoms with van der Waals surface area (Å²) in [6, 6.07) is 10.1. The Hall–Kier alpha value is -2.96. The van der Waals surface area contributed by atoms with E-state index in [-0.39, 0.29) is 29.4 Å². The van der Waals surface area contributed by atoms with Crippen LogP contribution in [0.25, 0.3) is 0 Å². The third-order valence-electron chi connectivity index (χ3n) is 5.69. The van der Waals surface area contributed by atoms with Crippen molar-refractivity contribution in [1.82, 2.24) is 15.2 Å². The van der Waals surface area contributed by atoms with Gasteiger partial charge in [-0.15, -0.1) is 0 Å². The zero-order chi connectivity index (χ0) is 20.2. The average Bonchev–Trinajstić information content (AvgIpc) is 3.27. The molecule has 1 saturated heterocycles. The Bertz CT molecular complexity index is 890. The third-order valence-corrected chi connectivity index (χ3v) is 5.69. The van der Waals surface area contributed by atoms with Crippen LogP contribution in [0.3, 0.4) is 0 Å². The largest absolute Gasteiger partial charge is 0.366 e. The van der Waals surface area contributed by atoms with E-state index in [4.69, 9.17) is 0 Å². The number of hydrogen-bond acceptors (Lipinski definition) is 4. The molecule has 2 fully saturated rings. The third kappa shape index (κ3) is 4.39. The summed E-state index contributed by atoms with van der Waals surface area (Å²) in [4.78, 5) is 33.2. The molecule has 7 heteroatoms. The lowest BCUT2D eigenvalue weighted by Crippen LogP contribution is -2.49. The highest BCUT2D eigenvalue weighted by Crippen LogP contribution is 2.21. The quantitative estimate of drug-likeness (QED) is 0.863. The molecule has 2 heterocycles. The summed E-state index contributed by atoms with van der Waals surface area (Å²) >= 11 is 0. The van der Waals surface area contributed by atoms with Gasteiger partial charge in [0.25, 0.3) is 11.8 Å². The summed E-state index contributed by atoms with van der Waals surface area (Å²) in [6.45, 7) is 2.06. The zero-order valence-corrected chi connectivity index (χ0v) is 16.3. The van der Waals surface area contributed by atoms with E-state index >= 15 is 0 Å². The van der Waals surface area contributed by atoms with E-state index in [9.17, 15) is 14.0 Å². The fraction of sp³-hybridized carbons (Fsp3) is 0.409. The van der Waals surface area contributed by atoms with Crippen molar-refractivity contribution in [2.75, 3.05) is 31.1 Å². The topological polar surface area (TPSA) is 65.5 Å². The lowest BCUT2D eigenvalue weighted by atomic mass is 10.1. The molecule has 1 saturated carbocycles. The summed E-state index contributed by atoms with van der Waals surface area (Å²) < 4.78 is 14.0. The van der Waals surface area contributed by atoms with Gasteiger partial charge in [0.1, 0.15) is 11.5 Å². The van der Waals surface area contributed by atoms with Gasteiger partial charge in [-0.05, 0) is 37.1 Å². The summed E-state index contributed by atoms with van der Waals surface area (Å²) in [7, 11) is 0. The molecule has 1 aromatic heterocycles. The van der Waals surface area contributed by atoms with Gasteiger partial charge in [-0.1, -0.05) is 25.0 Å². The number of aromatic nitrogens is 1. The second kappa shape index (κ2) is 8.59. The second-order valence-electron chi connectivity index (χ2n) is 7.62. The van der Waals surface area contributed by atoms with Crippen LogP contribution in [0.4, 0.5) is 10.1 Å². The minimum absolute atomic E-state index is 0.155. The van der Waals surface area contributed by atoms with Crippen LogP contribution < -0.4 is 10.2 Å². The molecule has 152 valence electrons. The number of rotatable bonds is 4. The summed E-state index contributed by atoms with van der Waals surface area (Å²) in [5.41, 5.74) is 1.28. The van der Waals surface area contributed by atoms with E-state index in [2.05, 4.69) is 10.3 Å². The van der Waals surface area contributed by atoms with E-state index in [0.29, 0.717) is 37.4 Å². The Morgan fingerprint density at radius 3 is 2.48 bits per heavy atom. The number of piperazine rings is 1. The van der Waals surface area contributed by atoms with E-state index in [1.165, 1.54) is 12.3 Å². The first-order chi connectivity index (χ1) is 14.1. The molecule has 0 bridgehead atoms. The Balaban J connectivity index is 1.38. The van der Waals surface area contributed by atoms with Gasteiger partial charge in [0.15, 0.2) is 0 Å². The Labute approximate surface area is 169 Å². The first-order valence-electron chi connectivity index (χ1n) is 10.2. The van der Waals surface area contributed by atoms with Gasteiger partial charge in [0, 0.05) is 44.0 Å². The molecule has 1 N–H and O–H groups in total. The number of para-hydroxylation sites is 1. The Kier molecular flexibility index (Phi) is 5.74. The molecule has 2 aromatic rings. The van der Waals surface area contributed by atoms with Gasteiger partial charge in [-0.2, -0.15) is 0 Å². The van der Waals surface area contributed by atoms with Crippen LogP contribution in [-0.2, 0) is 0 Å². The molecule has 0 atom stereocenters. The average molecular weight is 396 g/mol. The molecule has 4 rings (SSSR count). The van der Waals surface area contributed by atoms with Crippen LogP contribution >= 0.6 is 0 Å². The number of hydrogen-bond donors (Lipinski definition) is 1. The molecular formula is C22H25FN4O2. The van der Waals surface area contributed by atoms with E-state index in [1.54, 1.807) is 29.2 Å². The minimum Gasteiger partial charge on any atom is -0.366 e. The minimum atomic E-state index is -0.255. The zero-order valence-electron chi connectivity index (χ0n) is 16.3. The molecular weight excluding hydrogens is 371 g/mol. The van der Waals surface area contributed by atoms with Crippen LogP contribution in [0.2, 0.25) is 0 Å². The number of carbonyl (C=O) groups excluding carboxylic acids is 2. The van der Waals surface area contributed by atoms with Crippen LogP contribution in [0.1, 0.15) is 46.5 Å². The van der Waals surface area contributed by atoms with E-state index < -0.39 is 0 Å². The number of nitrogens with one attached hydrogen (secondary N) is 1. The number of nitrogens with zero attached hydrogens (tertiary/aromatic N) is 3. The normalized spacial score (nSPS) is 17.4. The van der Waals surface area contributed by atoms with Gasteiger partial charge >= 0.3 is 0 Å². The monoisotopic (exact) mass is 396 g/mol. The van der Waals surface area contributed by atoms with Crippen LogP contribution in [0, 0.1) is 5.82 Å². The van der Waals surface area contributed by atoms with Crippen molar-refractivity contribution in [3.63, 3.8) is 0 Å². The Morgan fingerprint density at radius 2 is 1.76 bits per heavy atom. The standard InChI is InChI=1S/C22H25FN4O2/c23-18-7-3-4-8-20(18)26-11-13-27(14-12-26)22(29)19-15-16(9-10-24-19)21(28)25-17-5-1-2-6-17/h3-4,7-10,15,17H,1-2,5-6,11-14H2,(H,25,28). The maximum atomic E-state index is 14.0. The van der Waals surface area contributed by atoms with Crippen LogP contribution in [0.5, 0.6) is 0 Å². The summed E-state index contributed by atoms with van der Waals surface area (Å²) in [5, 5.41) is 3.04. The highest BCUT2D eigenvalue weighted by molar-refractivity contribution is 5.98. The van der Waals surface area contributed by atoms with Gasteiger partial charge in [-0.25, -0.2) is 4.39 Å². The maximum Gasteiger partial charge on any atom is 0.272 e. The second-order valence-corrected chi connectivity index (χ2v) is 7.62. The molecule has 0 radical (unpaired) electrons. The molecule has 1 aliphatic heterocycles. The van der Waals surface area contributed by atoms with Crippen molar-refractivity contribution >= 4 is 17.5 Å². The predicted molar refractivity (Wildman–Crippen MR) is 108 cm³/mol. The molecule has 6 nitrogen and oxygen atoms in total. The fourth-order valence-electron chi connectivity index (χ4n) is 4.05. The smallest absolute Gasteiger partial charge is 0.272 e. The maximum absolute atomic E-state index is 14.0. The van der Waals surface area contributed by atoms with Gasteiger partial charge in [0.2, 0.25) is 0 Å². The van der Waals surface area contributed by atoms with Crippen LogP contribution in [-0.4, -0.2) is 53.9 Å². The van der Waals surface area contributed by atoms with Crippen molar-refractivity contribution in [3.8, 4) is 0 Å². The molecule has 29 heavy (non-hydrogen) atoms. The Morgan fingerprint density at radius 1 is 1.03 bits per heavy atom. The van der Waals surface area contributed by atoms with Gasteiger partial charge in [-0.3, -0.25) is 14.6 Å². The molecule has 2 aliphatic rings. The summed E-state index contributed by atoms with van der Waals surface area (Å²) in [5.74, 6) is -0.610. The van der Waals surface area contributed by atoms with Crippen molar-refractivity contribution in [2.45, 2.75) is 31.7 Å². The van der Waals surface area contributed by atoms with Gasteiger partial charge in [0.05, 0.1) is 5.69 Å². The molecule has 1 aromatic carbocycles. The van der Waals surface area contributed by atoms with Crippen molar-refractivity contribution in [2.24, 2.45) is 0 Å². The number of carbonyl (C=O) groups is 2. The van der Waals surface area contributed by atoms with Crippen molar-refractivity contribution < 1.29 is 14.0 Å². The van der Waals surface area contributed by atoms with E-state index in [1.807, 2.05) is 11.0 Å².